The minimum absolute atomic E-state index is 0.106. The lowest BCUT2D eigenvalue weighted by Crippen LogP contribution is -2.40. The molecule has 0 saturated carbocycles. The number of benzene rings is 1. The fourth-order valence-electron chi connectivity index (χ4n) is 4.46. The third-order valence-corrected chi connectivity index (χ3v) is 7.11. The second kappa shape index (κ2) is 8.84. The van der Waals surface area contributed by atoms with E-state index in [1.54, 1.807) is 16.2 Å². The van der Waals surface area contributed by atoms with Crippen molar-refractivity contribution >= 4 is 34.1 Å². The molecule has 1 aromatic heterocycles. The van der Waals surface area contributed by atoms with Gasteiger partial charge in [0.25, 0.3) is 0 Å². The Morgan fingerprint density at radius 3 is 2.68 bits per heavy atom. The van der Waals surface area contributed by atoms with Gasteiger partial charge in [-0.3, -0.25) is 4.79 Å². The van der Waals surface area contributed by atoms with Gasteiger partial charge in [-0.1, -0.05) is 12.1 Å². The van der Waals surface area contributed by atoms with Gasteiger partial charge in [0.1, 0.15) is 0 Å². The number of carbonyl (C=O) groups is 2. The molecule has 1 N–H and O–H groups in total. The number of hydrogen-bond acceptors (Lipinski definition) is 6. The Morgan fingerprint density at radius 1 is 1.13 bits per heavy atom. The first-order valence-corrected chi connectivity index (χ1v) is 11.8. The number of amides is 3. The summed E-state index contributed by atoms with van der Waals surface area (Å²) in [6, 6.07) is 7.86. The average molecular weight is 442 g/mol. The molecule has 3 aliphatic rings. The van der Waals surface area contributed by atoms with Crippen molar-refractivity contribution in [2.75, 3.05) is 56.2 Å². The molecule has 3 saturated heterocycles. The van der Waals surface area contributed by atoms with Crippen molar-refractivity contribution < 1.29 is 14.3 Å². The quantitative estimate of drug-likeness (QED) is 0.790. The molecule has 0 spiro atoms. The van der Waals surface area contributed by atoms with E-state index in [0.717, 1.165) is 67.8 Å². The number of urea groups is 1. The minimum atomic E-state index is -0.106. The van der Waals surface area contributed by atoms with Gasteiger partial charge in [0.2, 0.25) is 5.91 Å². The number of rotatable bonds is 4. The van der Waals surface area contributed by atoms with Crippen LogP contribution in [0.2, 0.25) is 0 Å². The number of carbonyl (C=O) groups excluding carboxylic acids is 2. The lowest BCUT2D eigenvalue weighted by atomic mass is 10.1. The number of ether oxygens (including phenoxy) is 1. The van der Waals surface area contributed by atoms with Crippen molar-refractivity contribution in [1.82, 2.24) is 14.8 Å². The Morgan fingerprint density at radius 2 is 1.94 bits per heavy atom. The van der Waals surface area contributed by atoms with E-state index < -0.39 is 0 Å². The summed E-state index contributed by atoms with van der Waals surface area (Å²) in [6.07, 6.45) is 2.43. The number of nitrogens with zero attached hydrogens (tertiary/aromatic N) is 4. The Kier molecular flexibility index (Phi) is 5.78. The number of likely N-dealkylation sites (tertiary alicyclic amines) is 2. The van der Waals surface area contributed by atoms with E-state index in [1.165, 1.54) is 0 Å². The van der Waals surface area contributed by atoms with Crippen LogP contribution in [0.25, 0.3) is 11.3 Å². The highest BCUT2D eigenvalue weighted by atomic mass is 32.1. The molecule has 9 heteroatoms. The zero-order valence-corrected chi connectivity index (χ0v) is 18.3. The van der Waals surface area contributed by atoms with Crippen LogP contribution in [0.4, 0.5) is 15.6 Å². The third-order valence-electron chi connectivity index (χ3n) is 6.21. The first kappa shape index (κ1) is 20.3. The lowest BCUT2D eigenvalue weighted by molar-refractivity contribution is -0.129. The van der Waals surface area contributed by atoms with E-state index in [4.69, 9.17) is 9.72 Å². The molecule has 8 nitrogen and oxygen atoms in total. The van der Waals surface area contributed by atoms with Crippen molar-refractivity contribution in [1.29, 1.82) is 0 Å². The van der Waals surface area contributed by atoms with Crippen LogP contribution in [0, 0.1) is 0 Å². The molecule has 0 aliphatic carbocycles. The van der Waals surface area contributed by atoms with E-state index in [9.17, 15) is 9.59 Å². The molecule has 31 heavy (non-hydrogen) atoms. The van der Waals surface area contributed by atoms with Crippen molar-refractivity contribution in [2.24, 2.45) is 0 Å². The SMILES string of the molecule is O=C(Nc1ccc(-c2csc(N3CCOCC3)n2)cc1)N1CCC(N2CCCC2=O)C1. The topological polar surface area (TPSA) is 78.0 Å². The maximum atomic E-state index is 12.7. The van der Waals surface area contributed by atoms with Crippen molar-refractivity contribution in [3.8, 4) is 11.3 Å². The summed E-state index contributed by atoms with van der Waals surface area (Å²) < 4.78 is 5.41. The highest BCUT2D eigenvalue weighted by Crippen LogP contribution is 2.29. The summed E-state index contributed by atoms with van der Waals surface area (Å²) in [5.41, 5.74) is 2.74. The largest absolute Gasteiger partial charge is 0.378 e. The Balaban J connectivity index is 1.17. The summed E-state index contributed by atoms with van der Waals surface area (Å²) in [6.45, 7) is 5.36. The van der Waals surface area contributed by atoms with Gasteiger partial charge in [0, 0.05) is 55.8 Å². The van der Waals surface area contributed by atoms with Crippen LogP contribution in [0.5, 0.6) is 0 Å². The highest BCUT2D eigenvalue weighted by molar-refractivity contribution is 7.14. The van der Waals surface area contributed by atoms with Crippen molar-refractivity contribution in [2.45, 2.75) is 25.3 Å². The average Bonchev–Trinajstić information content (AvgIpc) is 3.55. The Hall–Kier alpha value is -2.65. The normalized spacial score (nSPS) is 21.7. The highest BCUT2D eigenvalue weighted by Gasteiger charge is 2.34. The van der Waals surface area contributed by atoms with Crippen LogP contribution < -0.4 is 10.2 Å². The Labute approximate surface area is 185 Å². The van der Waals surface area contributed by atoms with Gasteiger partial charge in [-0.15, -0.1) is 11.3 Å². The van der Waals surface area contributed by atoms with Gasteiger partial charge in [-0.2, -0.15) is 0 Å². The molecule has 5 rings (SSSR count). The minimum Gasteiger partial charge on any atom is -0.378 e. The molecule has 3 aliphatic heterocycles. The van der Waals surface area contributed by atoms with Gasteiger partial charge < -0.3 is 24.8 Å². The first-order valence-electron chi connectivity index (χ1n) is 10.9. The van der Waals surface area contributed by atoms with E-state index in [2.05, 4.69) is 15.6 Å². The zero-order valence-electron chi connectivity index (χ0n) is 17.5. The lowest BCUT2D eigenvalue weighted by Gasteiger charge is -2.26. The standard InChI is InChI=1S/C22H27N5O3S/c28-20-2-1-8-27(20)18-7-9-26(14-18)21(29)23-17-5-3-16(4-6-17)19-15-31-22(24-19)25-10-12-30-13-11-25/h3-6,15,18H,1-2,7-14H2,(H,23,29). The molecule has 0 bridgehead atoms. The molecule has 4 heterocycles. The molecule has 1 aromatic carbocycles. The number of morpholine rings is 1. The van der Waals surface area contributed by atoms with Crippen molar-refractivity contribution in [3.05, 3.63) is 29.6 Å². The summed E-state index contributed by atoms with van der Waals surface area (Å²) in [7, 11) is 0. The van der Waals surface area contributed by atoms with Gasteiger partial charge in [0.05, 0.1) is 24.9 Å². The molecule has 2 aromatic rings. The maximum absolute atomic E-state index is 12.7. The Bertz CT molecular complexity index is 941. The zero-order chi connectivity index (χ0) is 21.2. The number of hydrogen-bond donors (Lipinski definition) is 1. The summed E-state index contributed by atoms with van der Waals surface area (Å²) in [5, 5.41) is 6.08. The predicted octanol–water partition coefficient (Wildman–Crippen LogP) is 2.88. The number of nitrogens with one attached hydrogen (secondary N) is 1. The molecular weight excluding hydrogens is 414 g/mol. The van der Waals surface area contributed by atoms with Crippen LogP contribution >= 0.6 is 11.3 Å². The summed E-state index contributed by atoms with van der Waals surface area (Å²) in [5.74, 6) is 0.224. The molecule has 3 fully saturated rings. The van der Waals surface area contributed by atoms with Crippen LogP contribution in [0.15, 0.2) is 29.6 Å². The summed E-state index contributed by atoms with van der Waals surface area (Å²) in [4.78, 5) is 35.4. The molecule has 0 radical (unpaired) electrons. The second-order valence-corrected chi connectivity index (χ2v) is 9.04. The molecule has 1 unspecified atom stereocenters. The van der Waals surface area contributed by atoms with Crippen LogP contribution in [0.1, 0.15) is 19.3 Å². The van der Waals surface area contributed by atoms with Crippen LogP contribution in [-0.2, 0) is 9.53 Å². The maximum Gasteiger partial charge on any atom is 0.321 e. The number of thiazole rings is 1. The number of anilines is 2. The molecule has 3 amide bonds. The van der Waals surface area contributed by atoms with E-state index in [0.29, 0.717) is 19.5 Å². The fourth-order valence-corrected chi connectivity index (χ4v) is 5.35. The smallest absolute Gasteiger partial charge is 0.321 e. The fraction of sp³-hybridized carbons (Fsp3) is 0.500. The predicted molar refractivity (Wildman–Crippen MR) is 121 cm³/mol. The molecule has 1 atom stereocenters. The van der Waals surface area contributed by atoms with Gasteiger partial charge in [-0.05, 0) is 25.0 Å². The monoisotopic (exact) mass is 441 g/mol. The first-order chi connectivity index (χ1) is 15.2. The van der Waals surface area contributed by atoms with Crippen LogP contribution in [-0.4, -0.2) is 78.7 Å². The number of aromatic nitrogens is 1. The van der Waals surface area contributed by atoms with E-state index in [-0.39, 0.29) is 18.0 Å². The second-order valence-electron chi connectivity index (χ2n) is 8.20. The van der Waals surface area contributed by atoms with Gasteiger partial charge in [-0.25, -0.2) is 9.78 Å². The van der Waals surface area contributed by atoms with Crippen molar-refractivity contribution in [3.63, 3.8) is 0 Å². The molecular formula is C22H27N5O3S. The van der Waals surface area contributed by atoms with Gasteiger partial charge in [0.15, 0.2) is 5.13 Å². The third kappa shape index (κ3) is 4.38. The van der Waals surface area contributed by atoms with E-state index in [1.807, 2.05) is 29.2 Å². The molecule has 164 valence electrons. The van der Waals surface area contributed by atoms with Gasteiger partial charge >= 0.3 is 6.03 Å². The van der Waals surface area contributed by atoms with E-state index >= 15 is 0 Å². The van der Waals surface area contributed by atoms with Crippen LogP contribution in [0.3, 0.4) is 0 Å². The summed E-state index contributed by atoms with van der Waals surface area (Å²) >= 11 is 1.65.